The van der Waals surface area contributed by atoms with E-state index in [1.54, 1.807) is 29.2 Å². The summed E-state index contributed by atoms with van der Waals surface area (Å²) >= 11 is 1.38. The van der Waals surface area contributed by atoms with E-state index in [1.165, 1.54) is 11.8 Å². The molecule has 0 unspecified atom stereocenters. The average Bonchev–Trinajstić information content (AvgIpc) is 3.08. The first-order valence-corrected chi connectivity index (χ1v) is 11.3. The number of aliphatic imine (C=N–C) groups is 1. The van der Waals surface area contributed by atoms with Gasteiger partial charge in [-0.05, 0) is 74.0 Å². The van der Waals surface area contributed by atoms with E-state index in [0.29, 0.717) is 36.1 Å². The summed E-state index contributed by atoms with van der Waals surface area (Å²) in [7, 11) is 0. The van der Waals surface area contributed by atoms with Crippen LogP contribution in [0.3, 0.4) is 0 Å². The van der Waals surface area contributed by atoms with Crippen molar-refractivity contribution >= 4 is 34.9 Å². The number of hydrogen-bond donors (Lipinski definition) is 1. The highest BCUT2D eigenvalue weighted by Crippen LogP contribution is 2.35. The number of likely N-dealkylation sites (N-methyl/N-ethyl adjacent to an activating group) is 1. The quantitative estimate of drug-likeness (QED) is 0.554. The van der Waals surface area contributed by atoms with E-state index in [4.69, 9.17) is 14.6 Å². The molecule has 1 amide bonds. The Morgan fingerprint density at radius 1 is 1.09 bits per heavy atom. The number of rotatable bonds is 9. The summed E-state index contributed by atoms with van der Waals surface area (Å²) in [5, 5.41) is 9.74. The third kappa shape index (κ3) is 5.50. The van der Waals surface area contributed by atoms with Crippen molar-refractivity contribution < 1.29 is 24.2 Å². The van der Waals surface area contributed by atoms with Gasteiger partial charge in [0.25, 0.3) is 5.91 Å². The molecule has 1 saturated heterocycles. The standard InChI is InChI=1S/C24H26N2O5S/c1-4-25-24-26(5-2)22(27)21(32-24)14-17-9-12-19(20(13-17)30-6-3)31-15-16-7-10-18(11-8-16)23(28)29/h7-14H,4-6,15H2,1-3H3,(H,28,29). The van der Waals surface area contributed by atoms with Crippen molar-refractivity contribution in [2.24, 2.45) is 4.99 Å². The number of hydrogen-bond acceptors (Lipinski definition) is 6. The lowest BCUT2D eigenvalue weighted by Crippen LogP contribution is -2.28. The van der Waals surface area contributed by atoms with Crippen molar-refractivity contribution in [3.05, 3.63) is 64.1 Å². The first-order valence-electron chi connectivity index (χ1n) is 10.4. The van der Waals surface area contributed by atoms with E-state index in [-0.39, 0.29) is 18.1 Å². The van der Waals surface area contributed by atoms with Crippen LogP contribution >= 0.6 is 11.8 Å². The second-order valence-corrected chi connectivity index (χ2v) is 7.86. The SMILES string of the molecule is CCN=C1SC(=Cc2ccc(OCc3ccc(C(=O)O)cc3)c(OCC)c2)C(=O)N1CC. The molecule has 2 aromatic carbocycles. The molecule has 1 aliphatic heterocycles. The molecule has 8 heteroatoms. The van der Waals surface area contributed by atoms with Crippen LogP contribution in [0, 0.1) is 0 Å². The fourth-order valence-corrected chi connectivity index (χ4v) is 4.20. The normalized spacial score (nSPS) is 16.1. The summed E-state index contributed by atoms with van der Waals surface area (Å²) < 4.78 is 11.7. The molecule has 1 aliphatic rings. The van der Waals surface area contributed by atoms with Gasteiger partial charge in [0, 0.05) is 13.1 Å². The second-order valence-electron chi connectivity index (χ2n) is 6.85. The van der Waals surface area contributed by atoms with Crippen molar-refractivity contribution in [2.45, 2.75) is 27.4 Å². The van der Waals surface area contributed by atoms with Crippen LogP contribution in [-0.2, 0) is 11.4 Å². The predicted octanol–water partition coefficient (Wildman–Crippen LogP) is 4.67. The number of amides is 1. The van der Waals surface area contributed by atoms with E-state index in [0.717, 1.165) is 16.3 Å². The second kappa shape index (κ2) is 10.9. The molecular formula is C24H26N2O5S. The fourth-order valence-electron chi connectivity index (χ4n) is 3.10. The predicted molar refractivity (Wildman–Crippen MR) is 126 cm³/mol. The van der Waals surface area contributed by atoms with Crippen molar-refractivity contribution in [3.8, 4) is 11.5 Å². The first-order chi connectivity index (χ1) is 15.5. The molecule has 1 heterocycles. The highest BCUT2D eigenvalue weighted by Gasteiger charge is 2.31. The summed E-state index contributed by atoms with van der Waals surface area (Å²) in [6, 6.07) is 12.1. The molecule has 32 heavy (non-hydrogen) atoms. The van der Waals surface area contributed by atoms with Gasteiger partial charge >= 0.3 is 5.97 Å². The Morgan fingerprint density at radius 3 is 2.47 bits per heavy atom. The van der Waals surface area contributed by atoms with E-state index in [9.17, 15) is 9.59 Å². The molecular weight excluding hydrogens is 428 g/mol. The van der Waals surface area contributed by atoms with Gasteiger partial charge in [0.1, 0.15) is 6.61 Å². The van der Waals surface area contributed by atoms with Crippen LogP contribution in [0.4, 0.5) is 0 Å². The number of carbonyl (C=O) groups excluding carboxylic acids is 1. The number of carboxylic acid groups (broad SMARTS) is 1. The molecule has 3 rings (SSSR count). The van der Waals surface area contributed by atoms with Crippen LogP contribution < -0.4 is 9.47 Å². The molecule has 7 nitrogen and oxygen atoms in total. The van der Waals surface area contributed by atoms with Crippen molar-refractivity contribution in [3.63, 3.8) is 0 Å². The minimum atomic E-state index is -0.963. The largest absolute Gasteiger partial charge is 0.490 e. The molecule has 0 radical (unpaired) electrons. The fraction of sp³-hybridized carbons (Fsp3) is 0.292. The van der Waals surface area contributed by atoms with Gasteiger partial charge in [-0.1, -0.05) is 18.2 Å². The van der Waals surface area contributed by atoms with Crippen LogP contribution in [0.1, 0.15) is 42.3 Å². The van der Waals surface area contributed by atoms with Crippen LogP contribution in [0.5, 0.6) is 11.5 Å². The maximum atomic E-state index is 12.7. The van der Waals surface area contributed by atoms with E-state index >= 15 is 0 Å². The van der Waals surface area contributed by atoms with Gasteiger partial charge < -0.3 is 14.6 Å². The molecule has 168 valence electrons. The highest BCUT2D eigenvalue weighted by molar-refractivity contribution is 8.18. The van der Waals surface area contributed by atoms with Gasteiger partial charge in [0.05, 0.1) is 17.1 Å². The number of nitrogens with zero attached hydrogens (tertiary/aromatic N) is 2. The third-order valence-corrected chi connectivity index (χ3v) is 5.70. The smallest absolute Gasteiger partial charge is 0.335 e. The maximum Gasteiger partial charge on any atom is 0.335 e. The van der Waals surface area contributed by atoms with Gasteiger partial charge in [-0.15, -0.1) is 0 Å². The average molecular weight is 455 g/mol. The lowest BCUT2D eigenvalue weighted by molar-refractivity contribution is -0.122. The Hall–Kier alpha value is -3.26. The molecule has 0 spiro atoms. The van der Waals surface area contributed by atoms with Crippen LogP contribution in [-0.4, -0.2) is 46.7 Å². The van der Waals surface area contributed by atoms with Gasteiger partial charge in [0.15, 0.2) is 16.7 Å². The number of carbonyl (C=O) groups is 2. The Morgan fingerprint density at radius 2 is 1.84 bits per heavy atom. The van der Waals surface area contributed by atoms with E-state index < -0.39 is 5.97 Å². The molecule has 0 atom stereocenters. The molecule has 1 fully saturated rings. The van der Waals surface area contributed by atoms with Crippen molar-refractivity contribution in [1.29, 1.82) is 0 Å². The van der Waals surface area contributed by atoms with Gasteiger partial charge in [0.2, 0.25) is 0 Å². The third-order valence-electron chi connectivity index (χ3n) is 4.66. The topological polar surface area (TPSA) is 88.4 Å². The van der Waals surface area contributed by atoms with Crippen LogP contribution in [0.15, 0.2) is 52.4 Å². The van der Waals surface area contributed by atoms with Crippen molar-refractivity contribution in [1.82, 2.24) is 4.90 Å². The molecule has 2 aromatic rings. The lowest BCUT2D eigenvalue weighted by atomic mass is 10.1. The first kappa shape index (κ1) is 23.4. The molecule has 0 aromatic heterocycles. The summed E-state index contributed by atoms with van der Waals surface area (Å²) in [5.74, 6) is 0.141. The molecule has 1 N–H and O–H groups in total. The van der Waals surface area contributed by atoms with E-state index in [2.05, 4.69) is 4.99 Å². The summed E-state index contributed by atoms with van der Waals surface area (Å²) in [4.78, 5) is 30.4. The zero-order valence-electron chi connectivity index (χ0n) is 18.3. The van der Waals surface area contributed by atoms with Crippen LogP contribution in [0.25, 0.3) is 6.08 Å². The Bertz CT molecular complexity index is 1050. The summed E-state index contributed by atoms with van der Waals surface area (Å²) in [6.07, 6.45) is 1.84. The molecule has 0 aliphatic carbocycles. The van der Waals surface area contributed by atoms with E-state index in [1.807, 2.05) is 45.0 Å². The number of carboxylic acids is 1. The Kier molecular flexibility index (Phi) is 7.94. The number of ether oxygens (including phenoxy) is 2. The zero-order valence-corrected chi connectivity index (χ0v) is 19.1. The zero-order chi connectivity index (χ0) is 23.1. The summed E-state index contributed by atoms with van der Waals surface area (Å²) in [6.45, 7) is 7.71. The van der Waals surface area contributed by atoms with Crippen LogP contribution in [0.2, 0.25) is 0 Å². The molecule has 0 saturated carbocycles. The highest BCUT2D eigenvalue weighted by atomic mass is 32.2. The Balaban J connectivity index is 1.78. The Labute approximate surface area is 191 Å². The van der Waals surface area contributed by atoms with Gasteiger partial charge in [-0.25, -0.2) is 4.79 Å². The maximum absolute atomic E-state index is 12.7. The van der Waals surface area contributed by atoms with Crippen molar-refractivity contribution in [2.75, 3.05) is 19.7 Å². The lowest BCUT2D eigenvalue weighted by Gasteiger charge is -2.13. The minimum Gasteiger partial charge on any atom is -0.490 e. The van der Waals surface area contributed by atoms with Gasteiger partial charge in [-0.2, -0.15) is 0 Å². The monoisotopic (exact) mass is 454 g/mol. The number of amidine groups is 1. The summed E-state index contributed by atoms with van der Waals surface area (Å²) in [5.41, 5.74) is 1.91. The minimum absolute atomic E-state index is 0.0483. The number of thioether (sulfide) groups is 1. The molecule has 0 bridgehead atoms. The number of benzene rings is 2. The van der Waals surface area contributed by atoms with Gasteiger partial charge in [-0.3, -0.25) is 14.7 Å². The number of aromatic carboxylic acids is 1.